The quantitative estimate of drug-likeness (QED) is 0.497. The molecular formula is C17H14N6S. The van der Waals surface area contributed by atoms with Crippen LogP contribution >= 0.6 is 12.6 Å². The highest BCUT2D eigenvalue weighted by Gasteiger charge is 2.12. The van der Waals surface area contributed by atoms with E-state index in [9.17, 15) is 0 Å². The summed E-state index contributed by atoms with van der Waals surface area (Å²) < 4.78 is 0. The van der Waals surface area contributed by atoms with Crippen molar-refractivity contribution in [2.75, 3.05) is 5.32 Å². The van der Waals surface area contributed by atoms with Gasteiger partial charge in [0, 0.05) is 15.8 Å². The van der Waals surface area contributed by atoms with Gasteiger partial charge in [0.25, 0.3) is 0 Å². The van der Waals surface area contributed by atoms with E-state index >= 15 is 0 Å². The predicted molar refractivity (Wildman–Crippen MR) is 96.6 cm³/mol. The Morgan fingerprint density at radius 2 is 1.75 bits per heavy atom. The van der Waals surface area contributed by atoms with Crippen LogP contribution in [0.2, 0.25) is 0 Å². The van der Waals surface area contributed by atoms with Gasteiger partial charge >= 0.3 is 0 Å². The lowest BCUT2D eigenvalue weighted by atomic mass is 10.2. The fourth-order valence-electron chi connectivity index (χ4n) is 2.46. The van der Waals surface area contributed by atoms with Crippen LogP contribution in [-0.2, 0) is 0 Å². The molecule has 118 valence electrons. The SMILES string of the molecule is Cc1nc(Nc2nc(-c3ccccc3S)nc3ccccc23)n[nH]1. The summed E-state index contributed by atoms with van der Waals surface area (Å²) in [5, 5.41) is 11.0. The second kappa shape index (κ2) is 5.93. The number of anilines is 2. The van der Waals surface area contributed by atoms with Crippen molar-refractivity contribution in [3.63, 3.8) is 0 Å². The van der Waals surface area contributed by atoms with Crippen LogP contribution < -0.4 is 5.32 Å². The fraction of sp³-hybridized carbons (Fsp3) is 0.0588. The molecule has 4 rings (SSSR count). The van der Waals surface area contributed by atoms with Gasteiger partial charge in [0.1, 0.15) is 11.6 Å². The minimum atomic E-state index is 0.474. The van der Waals surface area contributed by atoms with Gasteiger partial charge in [-0.1, -0.05) is 30.3 Å². The summed E-state index contributed by atoms with van der Waals surface area (Å²) in [6.45, 7) is 1.85. The molecule has 0 aliphatic carbocycles. The third-order valence-electron chi connectivity index (χ3n) is 3.58. The summed E-state index contributed by atoms with van der Waals surface area (Å²) >= 11 is 4.51. The van der Waals surface area contributed by atoms with E-state index in [0.717, 1.165) is 27.2 Å². The van der Waals surface area contributed by atoms with E-state index in [-0.39, 0.29) is 0 Å². The number of aryl methyl sites for hydroxylation is 1. The molecule has 2 N–H and O–H groups in total. The molecule has 7 heteroatoms. The van der Waals surface area contributed by atoms with Crippen LogP contribution in [0.25, 0.3) is 22.3 Å². The molecule has 4 aromatic rings. The normalized spacial score (nSPS) is 10.9. The highest BCUT2D eigenvalue weighted by atomic mass is 32.1. The van der Waals surface area contributed by atoms with Crippen molar-refractivity contribution >= 4 is 35.3 Å². The summed E-state index contributed by atoms with van der Waals surface area (Å²) in [7, 11) is 0. The molecule has 2 aromatic heterocycles. The molecule has 24 heavy (non-hydrogen) atoms. The lowest BCUT2D eigenvalue weighted by molar-refractivity contribution is 1.04. The van der Waals surface area contributed by atoms with Crippen molar-refractivity contribution in [1.82, 2.24) is 25.1 Å². The van der Waals surface area contributed by atoms with Gasteiger partial charge in [-0.25, -0.2) is 9.97 Å². The molecule has 0 atom stereocenters. The van der Waals surface area contributed by atoms with Gasteiger partial charge in [-0.15, -0.1) is 17.7 Å². The number of aromatic nitrogens is 5. The van der Waals surface area contributed by atoms with Crippen LogP contribution in [0, 0.1) is 6.92 Å². The summed E-state index contributed by atoms with van der Waals surface area (Å²) in [6, 6.07) is 15.6. The second-order valence-electron chi connectivity index (χ2n) is 5.30. The first-order valence-corrected chi connectivity index (χ1v) is 7.86. The molecule has 0 aliphatic rings. The maximum atomic E-state index is 4.67. The largest absolute Gasteiger partial charge is 0.307 e. The maximum absolute atomic E-state index is 4.67. The standard InChI is InChI=1S/C17H14N6S/c1-10-18-17(23-22-10)21-15-11-6-2-4-8-13(11)19-16(20-15)12-7-3-5-9-14(12)24/h2-9,24H,1H3,(H2,18,19,20,21,22,23). The number of nitrogens with zero attached hydrogens (tertiary/aromatic N) is 4. The van der Waals surface area contributed by atoms with E-state index in [1.165, 1.54) is 0 Å². The first kappa shape index (κ1) is 14.6. The Morgan fingerprint density at radius 1 is 0.958 bits per heavy atom. The van der Waals surface area contributed by atoms with Crippen molar-refractivity contribution in [2.24, 2.45) is 0 Å². The van der Waals surface area contributed by atoms with Crippen LogP contribution in [0.3, 0.4) is 0 Å². The van der Waals surface area contributed by atoms with E-state index in [1.54, 1.807) is 0 Å². The molecule has 0 fully saturated rings. The fourth-order valence-corrected chi connectivity index (χ4v) is 2.72. The van der Waals surface area contributed by atoms with E-state index in [4.69, 9.17) is 0 Å². The zero-order chi connectivity index (χ0) is 16.5. The van der Waals surface area contributed by atoms with Crippen LogP contribution in [0.1, 0.15) is 5.82 Å². The number of benzene rings is 2. The Morgan fingerprint density at radius 3 is 2.54 bits per heavy atom. The van der Waals surface area contributed by atoms with Crippen molar-refractivity contribution < 1.29 is 0 Å². The molecule has 0 radical (unpaired) electrons. The highest BCUT2D eigenvalue weighted by Crippen LogP contribution is 2.29. The molecule has 0 unspecified atom stereocenters. The monoisotopic (exact) mass is 334 g/mol. The molecule has 0 saturated carbocycles. The molecule has 6 nitrogen and oxygen atoms in total. The Kier molecular flexibility index (Phi) is 3.62. The number of H-pyrrole nitrogens is 1. The maximum Gasteiger partial charge on any atom is 0.247 e. The summed E-state index contributed by atoms with van der Waals surface area (Å²) in [5.74, 6) is 2.47. The zero-order valence-electron chi connectivity index (χ0n) is 12.9. The summed E-state index contributed by atoms with van der Waals surface area (Å²) in [5.41, 5.74) is 1.72. The molecule has 2 heterocycles. The second-order valence-corrected chi connectivity index (χ2v) is 5.78. The molecular weight excluding hydrogens is 320 g/mol. The molecule has 0 saturated heterocycles. The van der Waals surface area contributed by atoms with Gasteiger partial charge in [0.05, 0.1) is 5.52 Å². The van der Waals surface area contributed by atoms with Crippen LogP contribution in [0.5, 0.6) is 0 Å². The van der Waals surface area contributed by atoms with Gasteiger partial charge < -0.3 is 5.32 Å². The van der Waals surface area contributed by atoms with Gasteiger partial charge in [-0.05, 0) is 25.1 Å². The van der Waals surface area contributed by atoms with E-state index in [1.807, 2.05) is 55.5 Å². The van der Waals surface area contributed by atoms with E-state index < -0.39 is 0 Å². The van der Waals surface area contributed by atoms with Crippen LogP contribution in [0.15, 0.2) is 53.4 Å². The van der Waals surface area contributed by atoms with E-state index in [2.05, 4.69) is 43.1 Å². The molecule has 0 aliphatic heterocycles. The van der Waals surface area contributed by atoms with Gasteiger partial charge in [0.15, 0.2) is 5.82 Å². The number of nitrogens with one attached hydrogen (secondary N) is 2. The topological polar surface area (TPSA) is 79.4 Å². The number of para-hydroxylation sites is 1. The number of hydrogen-bond acceptors (Lipinski definition) is 6. The Bertz CT molecular complexity index is 1030. The van der Waals surface area contributed by atoms with Gasteiger partial charge in [-0.3, -0.25) is 5.10 Å². The number of hydrogen-bond donors (Lipinski definition) is 3. The number of thiol groups is 1. The summed E-state index contributed by atoms with van der Waals surface area (Å²) in [4.78, 5) is 14.4. The molecule has 0 bridgehead atoms. The van der Waals surface area contributed by atoms with Crippen molar-refractivity contribution in [3.05, 3.63) is 54.4 Å². The van der Waals surface area contributed by atoms with Crippen molar-refractivity contribution in [1.29, 1.82) is 0 Å². The first-order chi connectivity index (χ1) is 11.7. The lowest BCUT2D eigenvalue weighted by Gasteiger charge is -2.10. The molecule has 0 spiro atoms. The van der Waals surface area contributed by atoms with Crippen molar-refractivity contribution in [3.8, 4) is 11.4 Å². The lowest BCUT2D eigenvalue weighted by Crippen LogP contribution is -2.01. The Balaban J connectivity index is 1.89. The third kappa shape index (κ3) is 2.69. The summed E-state index contributed by atoms with van der Waals surface area (Å²) in [6.07, 6.45) is 0. The number of fused-ring (bicyclic) bond motifs is 1. The number of aromatic amines is 1. The minimum absolute atomic E-state index is 0.474. The predicted octanol–water partition coefficient (Wildman–Crippen LogP) is 3.76. The Hall–Kier alpha value is -2.93. The smallest absolute Gasteiger partial charge is 0.247 e. The third-order valence-corrected chi connectivity index (χ3v) is 3.97. The van der Waals surface area contributed by atoms with Gasteiger partial charge in [0.2, 0.25) is 5.95 Å². The molecule has 0 amide bonds. The Labute approximate surface area is 143 Å². The van der Waals surface area contributed by atoms with Crippen LogP contribution in [-0.4, -0.2) is 25.1 Å². The molecule has 2 aromatic carbocycles. The van der Waals surface area contributed by atoms with Gasteiger partial charge in [-0.2, -0.15) is 4.98 Å². The number of rotatable bonds is 3. The van der Waals surface area contributed by atoms with E-state index in [0.29, 0.717) is 17.6 Å². The first-order valence-electron chi connectivity index (χ1n) is 7.42. The average molecular weight is 334 g/mol. The minimum Gasteiger partial charge on any atom is -0.307 e. The zero-order valence-corrected chi connectivity index (χ0v) is 13.7. The van der Waals surface area contributed by atoms with Crippen molar-refractivity contribution in [2.45, 2.75) is 11.8 Å². The highest BCUT2D eigenvalue weighted by molar-refractivity contribution is 7.80. The average Bonchev–Trinajstić information content (AvgIpc) is 3.00. The van der Waals surface area contributed by atoms with Crippen LogP contribution in [0.4, 0.5) is 11.8 Å².